The van der Waals surface area contributed by atoms with Crippen LogP contribution < -0.4 is 5.32 Å². The van der Waals surface area contributed by atoms with Gasteiger partial charge in [0.25, 0.3) is 0 Å². The number of rotatable bonds is 2. The number of nitrogens with zero attached hydrogens (tertiary/aromatic N) is 2. The van der Waals surface area contributed by atoms with Crippen molar-refractivity contribution in [2.75, 3.05) is 19.6 Å². The number of carbonyl (C=O) groups excluding carboxylic acids is 2. The van der Waals surface area contributed by atoms with E-state index in [0.29, 0.717) is 29.8 Å². The maximum absolute atomic E-state index is 12.7. The largest absolute Gasteiger partial charge is 0.444 e. The van der Waals surface area contributed by atoms with E-state index in [4.69, 9.17) is 4.74 Å². The minimum Gasteiger partial charge on any atom is -0.444 e. The second-order valence-electron chi connectivity index (χ2n) is 6.13. The van der Waals surface area contributed by atoms with Crippen LogP contribution >= 0.6 is 15.9 Å². The fourth-order valence-electron chi connectivity index (χ4n) is 2.23. The molecule has 0 spiro atoms. The number of hydrogen-bond donors (Lipinski definition) is 1. The molecule has 2 rings (SSSR count). The molecule has 120 valence electrons. The van der Waals surface area contributed by atoms with E-state index in [2.05, 4.69) is 26.2 Å². The van der Waals surface area contributed by atoms with Gasteiger partial charge in [0.1, 0.15) is 16.2 Å². The summed E-state index contributed by atoms with van der Waals surface area (Å²) < 4.78 is 5.99. The molecule has 2 heterocycles. The van der Waals surface area contributed by atoms with Gasteiger partial charge in [-0.15, -0.1) is 0 Å². The molecule has 1 fully saturated rings. The van der Waals surface area contributed by atoms with Crippen LogP contribution in [-0.2, 0) is 4.74 Å². The summed E-state index contributed by atoms with van der Waals surface area (Å²) in [5.74, 6) is -0.124. The first-order valence-electron chi connectivity index (χ1n) is 7.14. The molecule has 1 aliphatic rings. The van der Waals surface area contributed by atoms with Crippen LogP contribution in [0.25, 0.3) is 0 Å². The molecule has 1 aliphatic heterocycles. The summed E-state index contributed by atoms with van der Waals surface area (Å²) in [7, 11) is 0. The third kappa shape index (κ3) is 4.27. The van der Waals surface area contributed by atoms with Crippen LogP contribution in [0.5, 0.6) is 0 Å². The molecule has 7 heteroatoms. The maximum Gasteiger partial charge on any atom is 0.411 e. The summed E-state index contributed by atoms with van der Waals surface area (Å²) in [4.78, 5) is 30.5. The highest BCUT2D eigenvalue weighted by Gasteiger charge is 2.35. The normalized spacial score (nSPS) is 18.9. The number of carbonyl (C=O) groups is 2. The van der Waals surface area contributed by atoms with Gasteiger partial charge in [0, 0.05) is 31.4 Å². The van der Waals surface area contributed by atoms with E-state index in [0.717, 1.165) is 0 Å². The molecule has 1 aromatic rings. The Balaban J connectivity index is 2.19. The van der Waals surface area contributed by atoms with Crippen molar-refractivity contribution in [3.8, 4) is 0 Å². The van der Waals surface area contributed by atoms with E-state index in [1.807, 2.05) is 20.8 Å². The van der Waals surface area contributed by atoms with Gasteiger partial charge in [-0.05, 0) is 48.8 Å². The lowest BCUT2D eigenvalue weighted by atomic mass is 10.0. The molecule has 0 aromatic carbocycles. The van der Waals surface area contributed by atoms with Crippen LogP contribution in [0.3, 0.4) is 0 Å². The van der Waals surface area contributed by atoms with E-state index < -0.39 is 17.7 Å². The lowest BCUT2D eigenvalue weighted by Crippen LogP contribution is -2.57. The average Bonchev–Trinajstić information content (AvgIpc) is 2.44. The second kappa shape index (κ2) is 6.75. The van der Waals surface area contributed by atoms with Crippen LogP contribution in [0.1, 0.15) is 31.1 Å². The molecule has 6 nitrogen and oxygen atoms in total. The van der Waals surface area contributed by atoms with Crippen molar-refractivity contribution in [3.05, 3.63) is 28.5 Å². The molecular weight excluding hydrogens is 350 g/mol. The zero-order valence-corrected chi connectivity index (χ0v) is 14.5. The van der Waals surface area contributed by atoms with Crippen molar-refractivity contribution in [2.24, 2.45) is 0 Å². The summed E-state index contributed by atoms with van der Waals surface area (Å²) >= 11 is 3.25. The molecule has 1 saturated heterocycles. The predicted octanol–water partition coefficient (Wildman–Crippen LogP) is 2.24. The number of hydrogen-bond acceptors (Lipinski definition) is 5. The number of pyridine rings is 1. The van der Waals surface area contributed by atoms with Gasteiger partial charge in [-0.25, -0.2) is 9.78 Å². The van der Waals surface area contributed by atoms with Crippen molar-refractivity contribution in [2.45, 2.75) is 32.4 Å². The third-order valence-corrected chi connectivity index (χ3v) is 3.62. The number of piperazine rings is 1. The molecule has 1 N–H and O–H groups in total. The van der Waals surface area contributed by atoms with Crippen molar-refractivity contribution >= 4 is 27.8 Å². The summed E-state index contributed by atoms with van der Waals surface area (Å²) in [6.45, 7) is 6.93. The van der Waals surface area contributed by atoms with Crippen LogP contribution in [-0.4, -0.2) is 53.0 Å². The predicted molar refractivity (Wildman–Crippen MR) is 85.9 cm³/mol. The molecule has 0 radical (unpaired) electrons. The maximum atomic E-state index is 12.7. The quantitative estimate of drug-likeness (QED) is 0.639. The zero-order valence-electron chi connectivity index (χ0n) is 12.9. The number of nitrogens with one attached hydrogen (secondary N) is 1. The molecular formula is C15H20BrN3O3. The van der Waals surface area contributed by atoms with Crippen LogP contribution in [0.2, 0.25) is 0 Å². The van der Waals surface area contributed by atoms with Crippen molar-refractivity contribution in [3.63, 3.8) is 0 Å². The van der Waals surface area contributed by atoms with Gasteiger partial charge in [0.2, 0.25) is 0 Å². The van der Waals surface area contributed by atoms with E-state index in [-0.39, 0.29) is 5.78 Å². The first kappa shape index (κ1) is 16.9. The second-order valence-corrected chi connectivity index (χ2v) is 6.94. The molecule has 22 heavy (non-hydrogen) atoms. The Hall–Kier alpha value is -1.47. The Kier molecular flexibility index (Phi) is 5.18. The Labute approximate surface area is 138 Å². The third-order valence-electron chi connectivity index (χ3n) is 3.19. The van der Waals surface area contributed by atoms with E-state index >= 15 is 0 Å². The molecule has 0 saturated carbocycles. The smallest absolute Gasteiger partial charge is 0.411 e. The lowest BCUT2D eigenvalue weighted by molar-refractivity contribution is 0.0125. The minimum atomic E-state index is -0.588. The first-order chi connectivity index (χ1) is 10.3. The van der Waals surface area contributed by atoms with Gasteiger partial charge >= 0.3 is 6.09 Å². The number of ketones is 1. The Morgan fingerprint density at radius 2 is 2.18 bits per heavy atom. The van der Waals surface area contributed by atoms with Crippen molar-refractivity contribution in [1.82, 2.24) is 15.2 Å². The Bertz CT molecular complexity index is 571. The number of halogens is 1. The Morgan fingerprint density at radius 1 is 1.45 bits per heavy atom. The SMILES string of the molecule is CC(C)(C)OC(=O)N1CCNCC1C(=O)c1ccnc(Br)c1. The summed E-state index contributed by atoms with van der Waals surface area (Å²) in [6.07, 6.45) is 1.10. The highest BCUT2D eigenvalue weighted by molar-refractivity contribution is 9.10. The van der Waals surface area contributed by atoms with Crippen LogP contribution in [0, 0.1) is 0 Å². The number of amides is 1. The minimum absolute atomic E-state index is 0.124. The van der Waals surface area contributed by atoms with Gasteiger partial charge in [-0.2, -0.15) is 0 Å². The number of Topliss-reactive ketones (excluding diaryl/α,β-unsaturated/α-hetero) is 1. The topological polar surface area (TPSA) is 71.5 Å². The summed E-state index contributed by atoms with van der Waals surface area (Å²) in [6, 6.07) is 2.73. The van der Waals surface area contributed by atoms with E-state index in [1.54, 1.807) is 18.3 Å². The fraction of sp³-hybridized carbons (Fsp3) is 0.533. The molecule has 1 unspecified atom stereocenters. The monoisotopic (exact) mass is 369 g/mol. The van der Waals surface area contributed by atoms with Gasteiger partial charge < -0.3 is 10.1 Å². The molecule has 1 aromatic heterocycles. The first-order valence-corrected chi connectivity index (χ1v) is 7.93. The van der Waals surface area contributed by atoms with E-state index in [1.165, 1.54) is 4.90 Å². The van der Waals surface area contributed by atoms with Gasteiger partial charge in [-0.1, -0.05) is 0 Å². The number of ether oxygens (including phenoxy) is 1. The van der Waals surface area contributed by atoms with Crippen molar-refractivity contribution < 1.29 is 14.3 Å². The van der Waals surface area contributed by atoms with Crippen LogP contribution in [0.15, 0.2) is 22.9 Å². The molecule has 1 amide bonds. The van der Waals surface area contributed by atoms with Gasteiger partial charge in [0.05, 0.1) is 0 Å². The summed E-state index contributed by atoms with van der Waals surface area (Å²) in [5, 5.41) is 3.15. The van der Waals surface area contributed by atoms with Crippen molar-refractivity contribution in [1.29, 1.82) is 0 Å². The average molecular weight is 370 g/mol. The van der Waals surface area contributed by atoms with Gasteiger partial charge in [0.15, 0.2) is 5.78 Å². The molecule has 0 aliphatic carbocycles. The van der Waals surface area contributed by atoms with E-state index in [9.17, 15) is 9.59 Å². The molecule has 0 bridgehead atoms. The lowest BCUT2D eigenvalue weighted by Gasteiger charge is -2.36. The summed E-state index contributed by atoms with van der Waals surface area (Å²) in [5.41, 5.74) is -0.0703. The Morgan fingerprint density at radius 3 is 2.82 bits per heavy atom. The zero-order chi connectivity index (χ0) is 16.3. The van der Waals surface area contributed by atoms with Crippen LogP contribution in [0.4, 0.5) is 4.79 Å². The fourth-order valence-corrected chi connectivity index (χ4v) is 2.59. The van der Waals surface area contributed by atoms with Gasteiger partial charge in [-0.3, -0.25) is 9.69 Å². The highest BCUT2D eigenvalue weighted by atomic mass is 79.9. The standard InChI is InChI=1S/C15H20BrN3O3/c1-15(2,3)22-14(21)19-7-6-17-9-11(19)13(20)10-4-5-18-12(16)8-10/h4-5,8,11,17H,6-7,9H2,1-3H3. The highest BCUT2D eigenvalue weighted by Crippen LogP contribution is 2.17. The number of aromatic nitrogens is 1. The molecule has 1 atom stereocenters.